The quantitative estimate of drug-likeness (QED) is 0.422. The van der Waals surface area contributed by atoms with Crippen LogP contribution >= 0.6 is 0 Å². The van der Waals surface area contributed by atoms with Gasteiger partial charge in [-0.05, 0) is 43.0 Å². The second-order valence-corrected chi connectivity index (χ2v) is 9.57. The van der Waals surface area contributed by atoms with E-state index in [9.17, 15) is 5.26 Å². The molecular formula is C29H35N5+2. The summed E-state index contributed by atoms with van der Waals surface area (Å²) in [5.74, 6) is 1.29. The molecule has 3 heterocycles. The number of imidazole rings is 1. The molecule has 34 heavy (non-hydrogen) atoms. The van der Waals surface area contributed by atoms with Crippen molar-refractivity contribution in [3.05, 3.63) is 76.9 Å². The first-order valence-electron chi connectivity index (χ1n) is 12.7. The van der Waals surface area contributed by atoms with Gasteiger partial charge in [0.1, 0.15) is 48.8 Å². The Hall–Kier alpha value is -3.36. The second kappa shape index (κ2) is 9.87. The topological polar surface area (TPSA) is 51.4 Å². The van der Waals surface area contributed by atoms with Crippen molar-refractivity contribution in [3.8, 4) is 6.07 Å². The molecule has 0 bridgehead atoms. The zero-order chi connectivity index (χ0) is 23.5. The third-order valence-corrected chi connectivity index (χ3v) is 7.44. The fourth-order valence-electron chi connectivity index (χ4n) is 5.48. The first-order chi connectivity index (χ1) is 16.7. The van der Waals surface area contributed by atoms with Crippen LogP contribution in [0.2, 0.25) is 0 Å². The first kappa shape index (κ1) is 22.4. The number of anilines is 1. The average molecular weight is 454 g/mol. The summed E-state index contributed by atoms with van der Waals surface area (Å²) < 4.78 is 2.33. The van der Waals surface area contributed by atoms with Gasteiger partial charge in [-0.2, -0.15) is 9.66 Å². The van der Waals surface area contributed by atoms with Gasteiger partial charge in [-0.25, -0.2) is 0 Å². The number of hydrogen-bond acceptors (Lipinski definition) is 2. The Morgan fingerprint density at radius 1 is 1.03 bits per heavy atom. The Morgan fingerprint density at radius 2 is 1.76 bits per heavy atom. The number of nitriles is 1. The number of aromatic amines is 1. The average Bonchev–Trinajstić information content (AvgIpc) is 3.26. The van der Waals surface area contributed by atoms with Crippen LogP contribution in [0.1, 0.15) is 42.0 Å². The van der Waals surface area contributed by atoms with Crippen LogP contribution in [0.3, 0.4) is 0 Å². The fourth-order valence-corrected chi connectivity index (χ4v) is 5.48. The molecule has 5 rings (SSSR count). The summed E-state index contributed by atoms with van der Waals surface area (Å²) in [6.45, 7) is 9.92. The number of unbranched alkanes of at least 4 members (excludes halogenated alkanes) is 1. The van der Waals surface area contributed by atoms with Gasteiger partial charge in [0.25, 0.3) is 0 Å². The Morgan fingerprint density at radius 3 is 2.50 bits per heavy atom. The maximum atomic E-state index is 10.1. The summed E-state index contributed by atoms with van der Waals surface area (Å²) in [5, 5.41) is 10.1. The fraction of sp³-hybridized carbons (Fsp3) is 0.379. The van der Waals surface area contributed by atoms with Crippen molar-refractivity contribution in [2.75, 3.05) is 37.6 Å². The molecule has 2 aromatic carbocycles. The summed E-state index contributed by atoms with van der Waals surface area (Å²) in [7, 11) is 0. The highest BCUT2D eigenvalue weighted by atomic mass is 15.3. The van der Waals surface area contributed by atoms with Gasteiger partial charge < -0.3 is 4.90 Å². The standard InChI is InChI=1S/C29H33N5/c1-3-4-12-24-22(2)25(21-30)28-31-26-13-8-9-14-27(26)34(28)29(24)33-19-17-32(18-20-33)16-15-23-10-6-5-7-11-23/h5-11,13-14H,3-4,12,15-20H2,1-2H3/p+2. The minimum atomic E-state index is 0.776. The predicted octanol–water partition coefficient (Wildman–Crippen LogP) is 3.38. The number of para-hydroxylation sites is 2. The molecule has 2 N–H and O–H groups in total. The van der Waals surface area contributed by atoms with Crippen LogP contribution in [0.4, 0.5) is 5.82 Å². The Bertz CT molecular complexity index is 1320. The van der Waals surface area contributed by atoms with Crippen LogP contribution in [0.5, 0.6) is 0 Å². The zero-order valence-corrected chi connectivity index (χ0v) is 20.4. The Kier molecular flexibility index (Phi) is 6.51. The number of quaternary nitrogens is 1. The SMILES string of the molecule is CCCCc1c(C)c(C#N)c2[nH]c3ccccc3[n+]2c1N1CC[NH+](CCc2ccccc2)CC1. The maximum absolute atomic E-state index is 10.1. The van der Waals surface area contributed by atoms with Crippen LogP contribution in [0, 0.1) is 18.3 Å². The molecule has 174 valence electrons. The van der Waals surface area contributed by atoms with Gasteiger partial charge in [0.05, 0.1) is 6.54 Å². The van der Waals surface area contributed by atoms with E-state index in [2.05, 4.69) is 88.8 Å². The molecule has 0 atom stereocenters. The molecule has 1 saturated heterocycles. The molecule has 0 amide bonds. The van der Waals surface area contributed by atoms with Gasteiger partial charge in [0.15, 0.2) is 0 Å². The summed E-state index contributed by atoms with van der Waals surface area (Å²) in [4.78, 5) is 7.82. The number of pyridine rings is 1. The highest BCUT2D eigenvalue weighted by Crippen LogP contribution is 2.29. The number of H-pyrrole nitrogens is 1. The van der Waals surface area contributed by atoms with Crippen molar-refractivity contribution in [2.24, 2.45) is 0 Å². The Balaban J connectivity index is 1.50. The summed E-state index contributed by atoms with van der Waals surface area (Å²) in [5.41, 5.74) is 7.84. The number of fused-ring (bicyclic) bond motifs is 3. The van der Waals surface area contributed by atoms with E-state index in [4.69, 9.17) is 0 Å². The monoisotopic (exact) mass is 453 g/mol. The van der Waals surface area contributed by atoms with Crippen molar-refractivity contribution in [1.82, 2.24) is 4.98 Å². The first-order valence-corrected chi connectivity index (χ1v) is 12.7. The zero-order valence-electron chi connectivity index (χ0n) is 20.4. The van der Waals surface area contributed by atoms with Crippen molar-refractivity contribution < 1.29 is 9.30 Å². The third kappa shape index (κ3) is 4.15. The predicted molar refractivity (Wildman–Crippen MR) is 137 cm³/mol. The van der Waals surface area contributed by atoms with Crippen LogP contribution < -0.4 is 14.2 Å². The number of nitrogens with one attached hydrogen (secondary N) is 2. The molecule has 5 heteroatoms. The van der Waals surface area contributed by atoms with Gasteiger partial charge in [-0.15, -0.1) is 0 Å². The van der Waals surface area contributed by atoms with Crippen LogP contribution in [0.25, 0.3) is 16.7 Å². The number of benzene rings is 2. The van der Waals surface area contributed by atoms with Crippen LogP contribution in [0.15, 0.2) is 54.6 Å². The van der Waals surface area contributed by atoms with Crippen molar-refractivity contribution in [1.29, 1.82) is 5.26 Å². The molecular weight excluding hydrogens is 418 g/mol. The van der Waals surface area contributed by atoms with E-state index in [-0.39, 0.29) is 0 Å². The normalized spacial score (nSPS) is 14.7. The molecule has 1 aliphatic rings. The number of aromatic nitrogens is 2. The van der Waals surface area contributed by atoms with Crippen molar-refractivity contribution >= 4 is 22.5 Å². The maximum Gasteiger partial charge on any atom is 0.250 e. The largest absolute Gasteiger partial charge is 0.329 e. The molecule has 0 spiro atoms. The lowest BCUT2D eigenvalue weighted by molar-refractivity contribution is -0.900. The van der Waals surface area contributed by atoms with E-state index in [0.29, 0.717) is 0 Å². The van der Waals surface area contributed by atoms with E-state index in [1.54, 1.807) is 4.90 Å². The van der Waals surface area contributed by atoms with Crippen molar-refractivity contribution in [2.45, 2.75) is 39.5 Å². The molecule has 0 radical (unpaired) electrons. The minimum absolute atomic E-state index is 0.776. The lowest BCUT2D eigenvalue weighted by Gasteiger charge is -2.31. The molecule has 4 aromatic rings. The number of hydrogen-bond donors (Lipinski definition) is 2. The lowest BCUT2D eigenvalue weighted by Crippen LogP contribution is -3.15. The summed E-state index contributed by atoms with van der Waals surface area (Å²) in [6, 6.07) is 21.8. The number of piperazine rings is 1. The van der Waals surface area contributed by atoms with Gasteiger partial charge in [0.2, 0.25) is 11.5 Å². The van der Waals surface area contributed by atoms with E-state index in [1.165, 1.54) is 23.5 Å². The number of rotatable bonds is 7. The van der Waals surface area contributed by atoms with Gasteiger partial charge >= 0.3 is 0 Å². The van der Waals surface area contributed by atoms with Gasteiger partial charge in [0, 0.05) is 12.0 Å². The molecule has 2 aromatic heterocycles. The second-order valence-electron chi connectivity index (χ2n) is 9.57. The third-order valence-electron chi connectivity index (χ3n) is 7.44. The number of nitrogens with zero attached hydrogens (tertiary/aromatic N) is 3. The lowest BCUT2D eigenvalue weighted by atomic mass is 9.99. The van der Waals surface area contributed by atoms with Gasteiger partial charge in [-0.3, -0.25) is 9.88 Å². The molecule has 0 saturated carbocycles. The van der Waals surface area contributed by atoms with Crippen LogP contribution in [-0.2, 0) is 12.8 Å². The van der Waals surface area contributed by atoms with Gasteiger partial charge in [-0.1, -0.05) is 55.8 Å². The Labute approximate surface area is 202 Å². The minimum Gasteiger partial charge on any atom is -0.329 e. The highest BCUT2D eigenvalue weighted by molar-refractivity contribution is 5.78. The van der Waals surface area contributed by atoms with E-state index in [0.717, 1.165) is 79.7 Å². The molecule has 0 aliphatic carbocycles. The summed E-state index contributed by atoms with van der Waals surface area (Å²) in [6.07, 6.45) is 4.43. The molecule has 1 aliphatic heterocycles. The molecule has 0 unspecified atom stereocenters. The molecule has 1 fully saturated rings. The molecule has 5 nitrogen and oxygen atoms in total. The van der Waals surface area contributed by atoms with E-state index in [1.807, 2.05) is 0 Å². The van der Waals surface area contributed by atoms with E-state index >= 15 is 0 Å². The summed E-state index contributed by atoms with van der Waals surface area (Å²) >= 11 is 0. The van der Waals surface area contributed by atoms with Crippen LogP contribution in [-0.4, -0.2) is 37.7 Å². The smallest absolute Gasteiger partial charge is 0.250 e. The highest BCUT2D eigenvalue weighted by Gasteiger charge is 2.32. The van der Waals surface area contributed by atoms with Crippen molar-refractivity contribution in [3.63, 3.8) is 0 Å². The van der Waals surface area contributed by atoms with E-state index < -0.39 is 0 Å².